The number of nitrogens with two attached hydrogens (primary N) is 2. The van der Waals surface area contributed by atoms with Crippen LogP contribution in [0.5, 0.6) is 0 Å². The molecule has 0 bridgehead atoms. The number of aromatic nitrogens is 2. The molecule has 0 atom stereocenters. The molecule has 0 aliphatic carbocycles. The Morgan fingerprint density at radius 2 is 2.31 bits per heavy atom. The zero-order valence-corrected chi connectivity index (χ0v) is 7.40. The lowest BCUT2D eigenvalue weighted by Crippen LogP contribution is -2.23. The van der Waals surface area contributed by atoms with Crippen LogP contribution in [0.25, 0.3) is 0 Å². The zero-order chi connectivity index (χ0) is 9.68. The Kier molecular flexibility index (Phi) is 3.53. The number of aliphatic hydroxyl groups is 1. The molecule has 0 saturated heterocycles. The summed E-state index contributed by atoms with van der Waals surface area (Å²) in [7, 11) is 0. The van der Waals surface area contributed by atoms with Gasteiger partial charge in [0.1, 0.15) is 0 Å². The SMILES string of the molecule is Nc1ncc(CCNCCO)n1N. The van der Waals surface area contributed by atoms with Gasteiger partial charge in [0.15, 0.2) is 0 Å². The van der Waals surface area contributed by atoms with Crippen molar-refractivity contribution in [2.24, 2.45) is 0 Å². The van der Waals surface area contributed by atoms with E-state index < -0.39 is 0 Å². The lowest BCUT2D eigenvalue weighted by Gasteiger charge is -2.03. The van der Waals surface area contributed by atoms with Gasteiger partial charge in [0.05, 0.1) is 18.5 Å². The molecule has 0 aliphatic heterocycles. The van der Waals surface area contributed by atoms with Gasteiger partial charge in [0.25, 0.3) is 0 Å². The number of nitrogens with one attached hydrogen (secondary N) is 1. The van der Waals surface area contributed by atoms with Crippen LogP contribution in [-0.2, 0) is 6.42 Å². The second-order valence-electron chi connectivity index (χ2n) is 2.70. The fourth-order valence-electron chi connectivity index (χ4n) is 1.02. The first-order valence-electron chi connectivity index (χ1n) is 4.14. The molecule has 0 radical (unpaired) electrons. The monoisotopic (exact) mass is 185 g/mol. The van der Waals surface area contributed by atoms with E-state index in [0.29, 0.717) is 12.5 Å². The van der Waals surface area contributed by atoms with Crippen LogP contribution in [0.1, 0.15) is 5.69 Å². The van der Waals surface area contributed by atoms with Gasteiger partial charge in [0, 0.05) is 19.5 Å². The topological polar surface area (TPSA) is 102 Å². The van der Waals surface area contributed by atoms with Gasteiger partial charge in [0.2, 0.25) is 5.95 Å². The number of anilines is 1. The summed E-state index contributed by atoms with van der Waals surface area (Å²) in [6, 6.07) is 0. The normalized spacial score (nSPS) is 10.5. The van der Waals surface area contributed by atoms with E-state index in [4.69, 9.17) is 16.7 Å². The van der Waals surface area contributed by atoms with Gasteiger partial charge >= 0.3 is 0 Å². The summed E-state index contributed by atoms with van der Waals surface area (Å²) >= 11 is 0. The number of imidazole rings is 1. The zero-order valence-electron chi connectivity index (χ0n) is 7.40. The van der Waals surface area contributed by atoms with Gasteiger partial charge in [-0.25, -0.2) is 9.66 Å². The Labute approximate surface area is 76.5 Å². The molecular formula is C7H15N5O. The average molecular weight is 185 g/mol. The van der Waals surface area contributed by atoms with Gasteiger partial charge in [-0.1, -0.05) is 0 Å². The van der Waals surface area contributed by atoms with Crippen molar-refractivity contribution >= 4 is 5.95 Å². The maximum Gasteiger partial charge on any atom is 0.219 e. The number of nitrogen functional groups attached to an aromatic ring is 2. The van der Waals surface area contributed by atoms with E-state index in [1.54, 1.807) is 6.20 Å². The summed E-state index contributed by atoms with van der Waals surface area (Å²) in [4.78, 5) is 3.85. The Hall–Kier alpha value is -1.27. The van der Waals surface area contributed by atoms with Gasteiger partial charge < -0.3 is 22.0 Å². The molecule has 1 rings (SSSR count). The number of hydrogen-bond acceptors (Lipinski definition) is 5. The molecule has 0 aromatic carbocycles. The van der Waals surface area contributed by atoms with Crippen molar-refractivity contribution in [3.63, 3.8) is 0 Å². The summed E-state index contributed by atoms with van der Waals surface area (Å²) < 4.78 is 1.36. The van der Waals surface area contributed by atoms with Crippen molar-refractivity contribution in [1.82, 2.24) is 15.0 Å². The van der Waals surface area contributed by atoms with Crippen molar-refractivity contribution in [2.75, 3.05) is 31.3 Å². The summed E-state index contributed by atoms with van der Waals surface area (Å²) in [5.74, 6) is 5.89. The molecule has 0 unspecified atom stereocenters. The molecule has 1 aromatic heterocycles. The Morgan fingerprint density at radius 3 is 2.85 bits per heavy atom. The Morgan fingerprint density at radius 1 is 1.54 bits per heavy atom. The van der Waals surface area contributed by atoms with Crippen molar-refractivity contribution in [2.45, 2.75) is 6.42 Å². The maximum atomic E-state index is 8.50. The first-order valence-corrected chi connectivity index (χ1v) is 4.14. The third-order valence-electron chi connectivity index (χ3n) is 1.75. The highest BCUT2D eigenvalue weighted by molar-refractivity contribution is 5.22. The summed E-state index contributed by atoms with van der Waals surface area (Å²) in [6.07, 6.45) is 2.40. The first kappa shape index (κ1) is 9.82. The van der Waals surface area contributed by atoms with E-state index in [9.17, 15) is 0 Å². The van der Waals surface area contributed by atoms with Crippen LogP contribution >= 0.6 is 0 Å². The van der Waals surface area contributed by atoms with E-state index >= 15 is 0 Å². The van der Waals surface area contributed by atoms with Crippen LogP contribution in [0.2, 0.25) is 0 Å². The Bertz CT molecular complexity index is 259. The van der Waals surface area contributed by atoms with Crippen LogP contribution in [0.15, 0.2) is 6.20 Å². The Balaban J connectivity index is 2.32. The third-order valence-corrected chi connectivity index (χ3v) is 1.75. The van der Waals surface area contributed by atoms with E-state index in [1.165, 1.54) is 4.68 Å². The van der Waals surface area contributed by atoms with Crippen LogP contribution in [0.4, 0.5) is 5.95 Å². The predicted molar refractivity (Wildman–Crippen MR) is 50.4 cm³/mol. The highest BCUT2D eigenvalue weighted by Crippen LogP contribution is 2.01. The minimum atomic E-state index is 0.143. The molecule has 6 nitrogen and oxygen atoms in total. The quantitative estimate of drug-likeness (QED) is 0.323. The van der Waals surface area contributed by atoms with E-state index in [1.807, 2.05) is 0 Å². The molecular weight excluding hydrogens is 170 g/mol. The summed E-state index contributed by atoms with van der Waals surface area (Å²) in [5, 5.41) is 11.5. The largest absolute Gasteiger partial charge is 0.395 e. The van der Waals surface area contributed by atoms with Crippen molar-refractivity contribution in [3.8, 4) is 0 Å². The van der Waals surface area contributed by atoms with Gasteiger partial charge in [-0.2, -0.15) is 0 Å². The first-order chi connectivity index (χ1) is 6.25. The van der Waals surface area contributed by atoms with Crippen LogP contribution in [0, 0.1) is 0 Å². The highest BCUT2D eigenvalue weighted by atomic mass is 16.3. The van der Waals surface area contributed by atoms with E-state index in [-0.39, 0.29) is 6.61 Å². The standard InChI is InChI=1S/C7H15N5O/c8-7-11-5-6(12(7)9)1-2-10-3-4-13/h5,10,13H,1-4,9H2,(H2,8,11). The summed E-state index contributed by atoms with van der Waals surface area (Å²) in [5.41, 5.74) is 6.32. The van der Waals surface area contributed by atoms with Gasteiger partial charge in [-0.3, -0.25) is 0 Å². The predicted octanol–water partition coefficient (Wildman–Crippen LogP) is -1.70. The molecule has 6 N–H and O–H groups in total. The summed E-state index contributed by atoms with van der Waals surface area (Å²) in [6.45, 7) is 1.49. The fourth-order valence-corrected chi connectivity index (χ4v) is 1.02. The lowest BCUT2D eigenvalue weighted by atomic mass is 10.3. The number of aliphatic hydroxyl groups excluding tert-OH is 1. The van der Waals surface area contributed by atoms with Crippen molar-refractivity contribution in [3.05, 3.63) is 11.9 Å². The molecule has 0 spiro atoms. The van der Waals surface area contributed by atoms with E-state index in [0.717, 1.165) is 18.7 Å². The smallest absolute Gasteiger partial charge is 0.219 e. The molecule has 0 aliphatic rings. The van der Waals surface area contributed by atoms with Crippen molar-refractivity contribution in [1.29, 1.82) is 0 Å². The lowest BCUT2D eigenvalue weighted by molar-refractivity contribution is 0.292. The molecule has 0 amide bonds. The number of nitrogens with zero attached hydrogens (tertiary/aromatic N) is 2. The number of hydrogen-bond donors (Lipinski definition) is 4. The van der Waals surface area contributed by atoms with Crippen LogP contribution in [0.3, 0.4) is 0 Å². The molecule has 0 fully saturated rings. The van der Waals surface area contributed by atoms with Crippen LogP contribution in [-0.4, -0.2) is 34.5 Å². The van der Waals surface area contributed by atoms with E-state index in [2.05, 4.69) is 10.3 Å². The molecule has 1 heterocycles. The maximum absolute atomic E-state index is 8.50. The molecule has 0 saturated carbocycles. The minimum Gasteiger partial charge on any atom is -0.395 e. The minimum absolute atomic E-state index is 0.143. The highest BCUT2D eigenvalue weighted by Gasteiger charge is 2.02. The van der Waals surface area contributed by atoms with Gasteiger partial charge in [-0.05, 0) is 0 Å². The molecule has 6 heteroatoms. The molecule has 74 valence electrons. The average Bonchev–Trinajstić information content (AvgIpc) is 2.43. The second kappa shape index (κ2) is 4.68. The van der Waals surface area contributed by atoms with Crippen molar-refractivity contribution < 1.29 is 5.11 Å². The third kappa shape index (κ3) is 2.60. The molecule has 13 heavy (non-hydrogen) atoms. The molecule has 1 aromatic rings. The number of rotatable bonds is 5. The van der Waals surface area contributed by atoms with Gasteiger partial charge in [-0.15, -0.1) is 0 Å². The fraction of sp³-hybridized carbons (Fsp3) is 0.571. The second-order valence-corrected chi connectivity index (χ2v) is 2.70. The van der Waals surface area contributed by atoms with Crippen LogP contribution < -0.4 is 16.9 Å².